The van der Waals surface area contributed by atoms with Gasteiger partial charge in [-0.15, -0.1) is 0 Å². The predicted molar refractivity (Wildman–Crippen MR) is 105 cm³/mol. The molecule has 4 heterocycles. The fraction of sp³-hybridized carbons (Fsp3) is 0.190. The molecule has 1 aliphatic rings. The molecule has 1 aliphatic heterocycles. The van der Waals surface area contributed by atoms with Gasteiger partial charge in [0.05, 0.1) is 35.4 Å². The number of aromatic nitrogens is 4. The number of rotatable bonds is 2. The second-order valence-corrected chi connectivity index (χ2v) is 7.16. The van der Waals surface area contributed by atoms with Gasteiger partial charge in [-0.25, -0.2) is 9.78 Å². The summed E-state index contributed by atoms with van der Waals surface area (Å²) in [6.45, 7) is 1.15. The standard InChI is InChI=1S/C21H16F3N5O2/c22-21(23,24)14-3-1-13(2-4-14)17-11-15-12-28(9-10-29(15)27-17)20(30)31-18-6-8-26-19-16(18)5-7-25-19/h1-8,11H,9-10,12H2,(H,25,26). The molecule has 3 aromatic heterocycles. The Labute approximate surface area is 174 Å². The summed E-state index contributed by atoms with van der Waals surface area (Å²) in [5.41, 5.74) is 1.84. The minimum atomic E-state index is -4.38. The van der Waals surface area contributed by atoms with Crippen molar-refractivity contribution in [1.29, 1.82) is 0 Å². The van der Waals surface area contributed by atoms with E-state index in [0.29, 0.717) is 41.1 Å². The highest BCUT2D eigenvalue weighted by molar-refractivity contribution is 5.85. The molecule has 0 saturated carbocycles. The van der Waals surface area contributed by atoms with Crippen LogP contribution in [0.25, 0.3) is 22.3 Å². The molecule has 0 spiro atoms. The topological polar surface area (TPSA) is 76.0 Å². The van der Waals surface area contributed by atoms with Gasteiger partial charge in [0.2, 0.25) is 0 Å². The van der Waals surface area contributed by atoms with Crippen molar-refractivity contribution in [2.24, 2.45) is 0 Å². The third-order valence-electron chi connectivity index (χ3n) is 5.18. The average molecular weight is 427 g/mol. The zero-order chi connectivity index (χ0) is 21.6. The fourth-order valence-corrected chi connectivity index (χ4v) is 3.58. The highest BCUT2D eigenvalue weighted by Crippen LogP contribution is 2.31. The van der Waals surface area contributed by atoms with E-state index >= 15 is 0 Å². The maximum Gasteiger partial charge on any atom is 0.416 e. The lowest BCUT2D eigenvalue weighted by Crippen LogP contribution is -2.40. The second kappa shape index (κ2) is 7.15. The van der Waals surface area contributed by atoms with Crippen molar-refractivity contribution in [1.82, 2.24) is 24.6 Å². The number of hydrogen-bond acceptors (Lipinski definition) is 4. The highest BCUT2D eigenvalue weighted by Gasteiger charge is 2.30. The number of nitrogens with zero attached hydrogens (tertiary/aromatic N) is 4. The van der Waals surface area contributed by atoms with Crippen molar-refractivity contribution in [3.8, 4) is 17.0 Å². The number of H-pyrrole nitrogens is 1. The van der Waals surface area contributed by atoms with E-state index in [1.807, 2.05) is 0 Å². The number of alkyl halides is 3. The van der Waals surface area contributed by atoms with Crippen molar-refractivity contribution in [2.75, 3.05) is 6.54 Å². The first-order valence-electron chi connectivity index (χ1n) is 9.52. The number of nitrogens with one attached hydrogen (secondary N) is 1. The van der Waals surface area contributed by atoms with E-state index in [9.17, 15) is 18.0 Å². The molecule has 158 valence electrons. The summed E-state index contributed by atoms with van der Waals surface area (Å²) in [4.78, 5) is 21.4. The van der Waals surface area contributed by atoms with E-state index < -0.39 is 17.8 Å². The predicted octanol–water partition coefficient (Wildman–Crippen LogP) is 4.46. The van der Waals surface area contributed by atoms with Gasteiger partial charge < -0.3 is 14.6 Å². The van der Waals surface area contributed by atoms with Crippen LogP contribution in [-0.2, 0) is 19.3 Å². The molecule has 0 radical (unpaired) electrons. The maximum absolute atomic E-state index is 12.8. The zero-order valence-corrected chi connectivity index (χ0v) is 16.1. The summed E-state index contributed by atoms with van der Waals surface area (Å²) in [6.07, 6.45) is -1.59. The lowest BCUT2D eigenvalue weighted by atomic mass is 10.1. The van der Waals surface area contributed by atoms with Gasteiger partial charge in [0, 0.05) is 30.6 Å². The fourth-order valence-electron chi connectivity index (χ4n) is 3.58. The third kappa shape index (κ3) is 3.60. The Morgan fingerprint density at radius 3 is 2.68 bits per heavy atom. The molecular weight excluding hydrogens is 411 g/mol. The lowest BCUT2D eigenvalue weighted by Gasteiger charge is -2.26. The molecule has 1 N–H and O–H groups in total. The molecule has 0 unspecified atom stereocenters. The van der Waals surface area contributed by atoms with Crippen molar-refractivity contribution in [3.63, 3.8) is 0 Å². The van der Waals surface area contributed by atoms with Crippen LogP contribution in [0.1, 0.15) is 11.3 Å². The number of halogens is 3. The molecule has 0 bridgehead atoms. The second-order valence-electron chi connectivity index (χ2n) is 7.16. The lowest BCUT2D eigenvalue weighted by molar-refractivity contribution is -0.137. The quantitative estimate of drug-likeness (QED) is 0.513. The van der Waals surface area contributed by atoms with Crippen molar-refractivity contribution >= 4 is 17.1 Å². The molecule has 7 nitrogen and oxygen atoms in total. The van der Waals surface area contributed by atoms with E-state index in [-0.39, 0.29) is 6.54 Å². The molecule has 0 saturated heterocycles. The first kappa shape index (κ1) is 19.2. The SMILES string of the molecule is O=C(Oc1ccnc2[nH]ccc12)N1CCn2nc(-c3ccc(C(F)(F)F)cc3)cc2C1. The van der Waals surface area contributed by atoms with E-state index in [4.69, 9.17) is 4.74 Å². The number of aromatic amines is 1. The Hall–Kier alpha value is -3.82. The van der Waals surface area contributed by atoms with Crippen molar-refractivity contribution < 1.29 is 22.7 Å². The minimum absolute atomic E-state index is 0.286. The molecule has 4 aromatic rings. The van der Waals surface area contributed by atoms with Crippen LogP contribution < -0.4 is 4.74 Å². The summed E-state index contributed by atoms with van der Waals surface area (Å²) in [6, 6.07) is 10.1. The number of benzene rings is 1. The highest BCUT2D eigenvalue weighted by atomic mass is 19.4. The van der Waals surface area contributed by atoms with Gasteiger partial charge in [0.1, 0.15) is 11.4 Å². The smallest absolute Gasteiger partial charge is 0.409 e. The normalized spacial score (nSPS) is 14.0. The Kier molecular flexibility index (Phi) is 4.42. The van der Waals surface area contributed by atoms with Gasteiger partial charge >= 0.3 is 12.3 Å². The first-order chi connectivity index (χ1) is 14.9. The van der Waals surface area contributed by atoms with Gasteiger partial charge in [-0.3, -0.25) is 4.68 Å². The number of fused-ring (bicyclic) bond motifs is 2. The van der Waals surface area contributed by atoms with Crippen LogP contribution in [0.2, 0.25) is 0 Å². The third-order valence-corrected chi connectivity index (χ3v) is 5.18. The number of hydrogen-bond donors (Lipinski definition) is 1. The average Bonchev–Trinajstić information content (AvgIpc) is 3.40. The largest absolute Gasteiger partial charge is 0.416 e. The molecule has 5 rings (SSSR count). The van der Waals surface area contributed by atoms with Crippen molar-refractivity contribution in [2.45, 2.75) is 19.3 Å². The summed E-state index contributed by atoms with van der Waals surface area (Å²) in [7, 11) is 0. The van der Waals surface area contributed by atoms with Gasteiger partial charge in [-0.1, -0.05) is 12.1 Å². The van der Waals surface area contributed by atoms with E-state index in [1.165, 1.54) is 12.1 Å². The number of amides is 1. The molecule has 0 fully saturated rings. The molecule has 10 heteroatoms. The Bertz CT molecular complexity index is 1260. The Morgan fingerprint density at radius 1 is 1.10 bits per heavy atom. The number of pyridine rings is 1. The summed E-state index contributed by atoms with van der Waals surface area (Å²) >= 11 is 0. The minimum Gasteiger partial charge on any atom is -0.409 e. The molecule has 31 heavy (non-hydrogen) atoms. The van der Waals surface area contributed by atoms with Crippen LogP contribution in [0.4, 0.5) is 18.0 Å². The van der Waals surface area contributed by atoms with E-state index in [2.05, 4.69) is 15.1 Å². The Balaban J connectivity index is 1.32. The Morgan fingerprint density at radius 2 is 1.90 bits per heavy atom. The molecular formula is C21H16F3N5O2. The molecule has 0 aliphatic carbocycles. The van der Waals surface area contributed by atoms with Crippen molar-refractivity contribution in [3.05, 3.63) is 66.1 Å². The monoisotopic (exact) mass is 427 g/mol. The van der Waals surface area contributed by atoms with Crippen LogP contribution in [0.3, 0.4) is 0 Å². The zero-order valence-electron chi connectivity index (χ0n) is 16.1. The van der Waals surface area contributed by atoms with Crippen LogP contribution in [0.15, 0.2) is 54.9 Å². The molecule has 1 aromatic carbocycles. The number of carbonyl (C=O) groups excluding carboxylic acids is 1. The van der Waals surface area contributed by atoms with E-state index in [0.717, 1.165) is 17.8 Å². The first-order valence-corrected chi connectivity index (χ1v) is 9.52. The van der Waals surface area contributed by atoms with Gasteiger partial charge in [0.15, 0.2) is 0 Å². The van der Waals surface area contributed by atoms with Crippen LogP contribution in [-0.4, -0.2) is 37.3 Å². The molecule has 1 amide bonds. The van der Waals surface area contributed by atoms with Gasteiger partial charge in [0.25, 0.3) is 0 Å². The van der Waals surface area contributed by atoms with Gasteiger partial charge in [-0.05, 0) is 24.3 Å². The van der Waals surface area contributed by atoms with Gasteiger partial charge in [-0.2, -0.15) is 18.3 Å². The number of ether oxygens (including phenoxy) is 1. The van der Waals surface area contributed by atoms with E-state index in [1.54, 1.807) is 40.2 Å². The summed E-state index contributed by atoms with van der Waals surface area (Å²) < 4.78 is 45.7. The van der Waals surface area contributed by atoms with Crippen LogP contribution in [0.5, 0.6) is 5.75 Å². The summed E-state index contributed by atoms with van der Waals surface area (Å²) in [5, 5.41) is 5.18. The maximum atomic E-state index is 12.8. The summed E-state index contributed by atoms with van der Waals surface area (Å²) in [5.74, 6) is 0.417. The van der Waals surface area contributed by atoms with Crippen LogP contribution >= 0.6 is 0 Å². The van der Waals surface area contributed by atoms with Crippen LogP contribution in [0, 0.1) is 0 Å². The molecule has 0 atom stereocenters. The number of carbonyl (C=O) groups is 1.